The van der Waals surface area contributed by atoms with Gasteiger partial charge in [0.2, 0.25) is 10.0 Å². The third kappa shape index (κ3) is 5.93. The molecule has 6 nitrogen and oxygen atoms in total. The molecule has 0 spiro atoms. The first-order chi connectivity index (χ1) is 15.8. The summed E-state index contributed by atoms with van der Waals surface area (Å²) >= 11 is 12.0. The third-order valence-electron chi connectivity index (χ3n) is 5.45. The number of nitrogens with zero attached hydrogens (tertiary/aromatic N) is 2. The van der Waals surface area contributed by atoms with Crippen molar-refractivity contribution in [3.63, 3.8) is 0 Å². The summed E-state index contributed by atoms with van der Waals surface area (Å²) in [5.41, 5.74) is 2.11. The maximum Gasteiger partial charge on any atom is 0.255 e. The van der Waals surface area contributed by atoms with Crippen LogP contribution in [0.4, 0.5) is 5.69 Å². The van der Waals surface area contributed by atoms with Gasteiger partial charge in [-0.05, 0) is 48.0 Å². The Balaban J connectivity index is 1.32. The van der Waals surface area contributed by atoms with E-state index in [0.29, 0.717) is 58.9 Å². The van der Waals surface area contributed by atoms with Crippen LogP contribution in [0.1, 0.15) is 15.9 Å². The van der Waals surface area contributed by atoms with Crippen molar-refractivity contribution in [2.24, 2.45) is 0 Å². The summed E-state index contributed by atoms with van der Waals surface area (Å²) in [6.07, 6.45) is 0. The van der Waals surface area contributed by atoms with Gasteiger partial charge in [-0.2, -0.15) is 4.31 Å². The maximum absolute atomic E-state index is 12.8. The summed E-state index contributed by atoms with van der Waals surface area (Å²) in [6, 6.07) is 20.8. The molecule has 1 saturated heterocycles. The highest BCUT2D eigenvalue weighted by molar-refractivity contribution is 7.89. The van der Waals surface area contributed by atoms with E-state index in [1.807, 2.05) is 12.1 Å². The Kier molecular flexibility index (Phi) is 7.36. The van der Waals surface area contributed by atoms with Gasteiger partial charge in [0, 0.05) is 54.0 Å². The monoisotopic (exact) mass is 503 g/mol. The number of piperazine rings is 1. The minimum Gasteiger partial charge on any atom is -0.322 e. The molecule has 0 aromatic heterocycles. The molecule has 172 valence electrons. The molecule has 0 bridgehead atoms. The zero-order chi connectivity index (χ0) is 23.4. The van der Waals surface area contributed by atoms with E-state index in [-0.39, 0.29) is 5.91 Å². The lowest BCUT2D eigenvalue weighted by atomic mass is 10.1. The van der Waals surface area contributed by atoms with Crippen molar-refractivity contribution < 1.29 is 13.2 Å². The van der Waals surface area contributed by atoms with Gasteiger partial charge in [-0.1, -0.05) is 53.5 Å². The van der Waals surface area contributed by atoms with Crippen LogP contribution in [0, 0.1) is 0 Å². The number of hydrogen-bond acceptors (Lipinski definition) is 4. The smallest absolute Gasteiger partial charge is 0.255 e. The van der Waals surface area contributed by atoms with Gasteiger partial charge in [0.05, 0.1) is 4.90 Å². The van der Waals surface area contributed by atoms with Gasteiger partial charge >= 0.3 is 0 Å². The minimum absolute atomic E-state index is 0.250. The van der Waals surface area contributed by atoms with Crippen LogP contribution in [0.2, 0.25) is 10.0 Å². The topological polar surface area (TPSA) is 69.7 Å². The van der Waals surface area contributed by atoms with E-state index >= 15 is 0 Å². The second kappa shape index (κ2) is 10.2. The number of amides is 1. The van der Waals surface area contributed by atoms with Gasteiger partial charge in [-0.3, -0.25) is 9.69 Å². The molecule has 9 heteroatoms. The van der Waals surface area contributed by atoms with Crippen LogP contribution in [0.3, 0.4) is 0 Å². The van der Waals surface area contributed by atoms with Crippen molar-refractivity contribution in [2.45, 2.75) is 11.4 Å². The summed E-state index contributed by atoms with van der Waals surface area (Å²) in [6.45, 7) is 2.86. The molecule has 1 aliphatic rings. The molecule has 1 heterocycles. The van der Waals surface area contributed by atoms with Crippen LogP contribution in [0.15, 0.2) is 77.7 Å². The molecule has 1 aliphatic heterocycles. The minimum atomic E-state index is -3.46. The molecule has 4 rings (SSSR count). The Hall–Kier alpha value is -2.42. The van der Waals surface area contributed by atoms with Gasteiger partial charge in [-0.15, -0.1) is 0 Å². The average Bonchev–Trinajstić information content (AvgIpc) is 2.80. The summed E-state index contributed by atoms with van der Waals surface area (Å²) in [5.74, 6) is -0.250. The molecular weight excluding hydrogens is 481 g/mol. The molecule has 1 amide bonds. The Morgan fingerprint density at radius 1 is 0.848 bits per heavy atom. The van der Waals surface area contributed by atoms with E-state index < -0.39 is 10.0 Å². The number of hydrogen-bond donors (Lipinski definition) is 1. The Morgan fingerprint density at radius 2 is 1.45 bits per heavy atom. The van der Waals surface area contributed by atoms with Crippen LogP contribution in [0.25, 0.3) is 0 Å². The maximum atomic E-state index is 12.8. The molecular formula is C24H23Cl2N3O3S. The van der Waals surface area contributed by atoms with Crippen molar-refractivity contribution in [1.29, 1.82) is 0 Å². The lowest BCUT2D eigenvalue weighted by molar-refractivity contribution is 0.102. The van der Waals surface area contributed by atoms with Crippen molar-refractivity contribution in [2.75, 3.05) is 31.5 Å². The van der Waals surface area contributed by atoms with E-state index in [0.717, 1.165) is 5.56 Å². The van der Waals surface area contributed by atoms with Crippen LogP contribution in [0.5, 0.6) is 0 Å². The number of carbonyl (C=O) groups is 1. The highest BCUT2D eigenvalue weighted by Crippen LogP contribution is 2.23. The van der Waals surface area contributed by atoms with Gasteiger partial charge in [-0.25, -0.2) is 8.42 Å². The zero-order valence-corrected chi connectivity index (χ0v) is 20.1. The predicted molar refractivity (Wildman–Crippen MR) is 131 cm³/mol. The van der Waals surface area contributed by atoms with Gasteiger partial charge < -0.3 is 5.32 Å². The number of benzene rings is 3. The summed E-state index contributed by atoms with van der Waals surface area (Å²) in [5, 5.41) is 3.69. The Bertz CT molecular complexity index is 1210. The first-order valence-electron chi connectivity index (χ1n) is 10.5. The molecule has 0 aliphatic carbocycles. The number of halogens is 2. The van der Waals surface area contributed by atoms with Gasteiger partial charge in [0.1, 0.15) is 0 Å². The molecule has 0 atom stereocenters. The molecule has 3 aromatic carbocycles. The third-order valence-corrected chi connectivity index (χ3v) is 7.80. The first-order valence-corrected chi connectivity index (χ1v) is 12.6. The van der Waals surface area contributed by atoms with Crippen molar-refractivity contribution in [3.8, 4) is 0 Å². The number of carbonyl (C=O) groups excluding carboxylic acids is 1. The zero-order valence-electron chi connectivity index (χ0n) is 17.7. The molecule has 0 saturated carbocycles. The largest absolute Gasteiger partial charge is 0.322 e. The quantitative estimate of drug-likeness (QED) is 0.526. The van der Waals surface area contributed by atoms with Crippen LogP contribution < -0.4 is 5.32 Å². The van der Waals surface area contributed by atoms with Gasteiger partial charge in [0.15, 0.2) is 0 Å². The van der Waals surface area contributed by atoms with E-state index in [4.69, 9.17) is 23.2 Å². The molecule has 33 heavy (non-hydrogen) atoms. The Morgan fingerprint density at radius 3 is 2.06 bits per heavy atom. The average molecular weight is 504 g/mol. The summed E-state index contributed by atoms with van der Waals surface area (Å²) in [7, 11) is -3.46. The molecule has 3 aromatic rings. The van der Waals surface area contributed by atoms with E-state index in [9.17, 15) is 13.2 Å². The van der Waals surface area contributed by atoms with Crippen LogP contribution >= 0.6 is 23.2 Å². The molecule has 0 radical (unpaired) electrons. The first kappa shape index (κ1) is 23.7. The second-order valence-corrected chi connectivity index (χ2v) is 10.6. The van der Waals surface area contributed by atoms with Crippen molar-refractivity contribution >= 4 is 44.8 Å². The highest BCUT2D eigenvalue weighted by Gasteiger charge is 2.28. The van der Waals surface area contributed by atoms with Crippen molar-refractivity contribution in [3.05, 3.63) is 94.0 Å². The van der Waals surface area contributed by atoms with E-state index in [1.54, 1.807) is 60.7 Å². The fourth-order valence-corrected chi connectivity index (χ4v) is 5.69. The standard InChI is InChI=1S/C24H23Cl2N3O3S/c25-20-14-21(26)16-22(15-20)27-24(30)19-8-6-18(7-9-19)17-28-10-12-29(13-11-28)33(31,32)23-4-2-1-3-5-23/h1-9,14-16H,10-13,17H2,(H,27,30). The molecule has 1 fully saturated rings. The molecule has 0 unspecified atom stereocenters. The summed E-state index contributed by atoms with van der Waals surface area (Å²) < 4.78 is 27.1. The number of anilines is 1. The van der Waals surface area contributed by atoms with Crippen molar-refractivity contribution in [1.82, 2.24) is 9.21 Å². The molecule has 1 N–H and O–H groups in total. The van der Waals surface area contributed by atoms with Crippen LogP contribution in [-0.4, -0.2) is 49.7 Å². The van der Waals surface area contributed by atoms with E-state index in [2.05, 4.69) is 10.2 Å². The SMILES string of the molecule is O=C(Nc1cc(Cl)cc(Cl)c1)c1ccc(CN2CCN(S(=O)(=O)c3ccccc3)CC2)cc1. The number of sulfonamides is 1. The lowest BCUT2D eigenvalue weighted by Crippen LogP contribution is -2.48. The van der Waals surface area contributed by atoms with Crippen LogP contribution in [-0.2, 0) is 16.6 Å². The number of nitrogens with one attached hydrogen (secondary N) is 1. The highest BCUT2D eigenvalue weighted by atomic mass is 35.5. The fourth-order valence-electron chi connectivity index (χ4n) is 3.72. The predicted octanol–water partition coefficient (Wildman–Crippen LogP) is 4.75. The Labute approximate surface area is 203 Å². The normalized spacial score (nSPS) is 15.3. The number of rotatable bonds is 6. The second-order valence-electron chi connectivity index (χ2n) is 7.80. The van der Waals surface area contributed by atoms with Gasteiger partial charge in [0.25, 0.3) is 5.91 Å². The summed E-state index contributed by atoms with van der Waals surface area (Å²) in [4.78, 5) is 15.0. The van der Waals surface area contributed by atoms with E-state index in [1.165, 1.54) is 4.31 Å². The lowest BCUT2D eigenvalue weighted by Gasteiger charge is -2.34. The fraction of sp³-hybridized carbons (Fsp3) is 0.208.